The van der Waals surface area contributed by atoms with Crippen molar-refractivity contribution >= 4 is 29.1 Å². The Morgan fingerprint density at radius 2 is 2.00 bits per heavy atom. The van der Waals surface area contributed by atoms with Gasteiger partial charge in [-0.1, -0.05) is 0 Å². The predicted octanol–water partition coefficient (Wildman–Crippen LogP) is 2.18. The van der Waals surface area contributed by atoms with Gasteiger partial charge in [0, 0.05) is 12.7 Å². The average molecular weight is 418 g/mol. The van der Waals surface area contributed by atoms with Gasteiger partial charge in [0.05, 0.1) is 16.6 Å². The fraction of sp³-hybridized carbons (Fsp3) is 0.632. The number of halogens is 1. The molecule has 9 nitrogen and oxygen atoms in total. The molecule has 0 aliphatic heterocycles. The molecular weight excluding hydrogens is 394 g/mol. The van der Waals surface area contributed by atoms with Gasteiger partial charge in [-0.15, -0.1) is 5.10 Å². The van der Waals surface area contributed by atoms with Gasteiger partial charge in [-0.2, -0.15) is 5.10 Å². The van der Waals surface area contributed by atoms with Gasteiger partial charge in [-0.25, -0.2) is 9.67 Å². The Hall–Kier alpha value is -2.42. The Kier molecular flexibility index (Phi) is 4.03. The number of nitrogens with two attached hydrogens (primary N) is 1. The third-order valence-electron chi connectivity index (χ3n) is 7.03. The molecule has 2 aromatic heterocycles. The van der Waals surface area contributed by atoms with E-state index in [9.17, 15) is 9.59 Å². The van der Waals surface area contributed by atoms with Crippen LogP contribution in [0.25, 0.3) is 0 Å². The molecule has 2 atom stereocenters. The zero-order valence-corrected chi connectivity index (χ0v) is 17.0. The summed E-state index contributed by atoms with van der Waals surface area (Å²) >= 11 is 5.99. The molecule has 2 amide bonds. The molecule has 4 aliphatic rings. The van der Waals surface area contributed by atoms with E-state index in [-0.39, 0.29) is 22.4 Å². The highest BCUT2D eigenvalue weighted by Gasteiger charge is 2.61. The third-order valence-corrected chi connectivity index (χ3v) is 7.20. The lowest BCUT2D eigenvalue weighted by molar-refractivity contribution is -0.150. The van der Waals surface area contributed by atoms with Crippen LogP contribution in [0.3, 0.4) is 0 Å². The quantitative estimate of drug-likeness (QED) is 0.772. The number of carbonyl (C=O) groups is 2. The minimum atomic E-state index is -0.647. The van der Waals surface area contributed by atoms with E-state index in [2.05, 4.69) is 20.5 Å². The van der Waals surface area contributed by atoms with E-state index in [4.69, 9.17) is 17.3 Å². The van der Waals surface area contributed by atoms with Crippen LogP contribution in [0.5, 0.6) is 0 Å². The van der Waals surface area contributed by atoms with Crippen molar-refractivity contribution in [1.82, 2.24) is 24.5 Å². The standard InChI is InChI=1S/C19H24ClN7O2/c1-2-26-8-13(14(24-26)15(21)28)23-16(29)18-4-11-3-12(5-18)7-19(6-11,9-18)27-10-22-17(20)25-27/h8,10-12H,2-7,9H2,1H3,(H2,21,28)(H,23,29). The van der Waals surface area contributed by atoms with E-state index in [0.29, 0.717) is 30.5 Å². The second-order valence-corrected chi connectivity index (χ2v) is 9.33. The van der Waals surface area contributed by atoms with Crippen LogP contribution in [0.2, 0.25) is 5.28 Å². The van der Waals surface area contributed by atoms with Crippen molar-refractivity contribution in [3.63, 3.8) is 0 Å². The molecule has 4 aliphatic carbocycles. The van der Waals surface area contributed by atoms with Crippen molar-refractivity contribution in [3.05, 3.63) is 23.5 Å². The SMILES string of the molecule is CCn1cc(NC(=O)C23CC4CC(C2)CC(n2cnc(Cl)n2)(C4)C3)c(C(N)=O)n1. The molecule has 0 spiro atoms. The molecule has 0 radical (unpaired) electrons. The number of amides is 2. The maximum absolute atomic E-state index is 13.5. The van der Waals surface area contributed by atoms with Crippen LogP contribution >= 0.6 is 11.6 Å². The smallest absolute Gasteiger partial charge is 0.271 e. The van der Waals surface area contributed by atoms with Gasteiger partial charge < -0.3 is 11.1 Å². The van der Waals surface area contributed by atoms with E-state index in [1.807, 2.05) is 11.6 Å². The van der Waals surface area contributed by atoms with Crippen molar-refractivity contribution in [2.24, 2.45) is 23.0 Å². The van der Waals surface area contributed by atoms with E-state index < -0.39 is 11.3 Å². The van der Waals surface area contributed by atoms with Crippen LogP contribution in [-0.2, 0) is 16.9 Å². The summed E-state index contributed by atoms with van der Waals surface area (Å²) in [6.45, 7) is 2.50. The number of rotatable bonds is 5. The Labute approximate surface area is 173 Å². The first-order chi connectivity index (χ1) is 13.8. The van der Waals surface area contributed by atoms with Crippen molar-refractivity contribution < 1.29 is 9.59 Å². The summed E-state index contributed by atoms with van der Waals surface area (Å²) in [5, 5.41) is 11.8. The summed E-state index contributed by atoms with van der Waals surface area (Å²) in [5.74, 6) is 0.241. The summed E-state index contributed by atoms with van der Waals surface area (Å²) in [4.78, 5) is 29.4. The molecule has 2 heterocycles. The summed E-state index contributed by atoms with van der Waals surface area (Å²) in [5.41, 5.74) is 5.24. The molecule has 0 aromatic carbocycles. The van der Waals surface area contributed by atoms with E-state index in [1.165, 1.54) is 0 Å². The molecule has 3 N–H and O–H groups in total. The highest BCUT2D eigenvalue weighted by molar-refractivity contribution is 6.28. The topological polar surface area (TPSA) is 121 Å². The fourth-order valence-corrected chi connectivity index (χ4v) is 6.46. The zero-order chi connectivity index (χ0) is 20.4. The van der Waals surface area contributed by atoms with Crippen LogP contribution in [0.4, 0.5) is 5.69 Å². The van der Waals surface area contributed by atoms with Crippen LogP contribution in [0.15, 0.2) is 12.5 Å². The Bertz CT molecular complexity index is 983. The summed E-state index contributed by atoms with van der Waals surface area (Å²) < 4.78 is 3.49. The van der Waals surface area contributed by atoms with Gasteiger partial charge in [-0.05, 0) is 68.9 Å². The second-order valence-electron chi connectivity index (χ2n) is 8.99. The monoisotopic (exact) mass is 417 g/mol. The third kappa shape index (κ3) is 2.86. The Morgan fingerprint density at radius 1 is 1.28 bits per heavy atom. The molecule has 6 rings (SSSR count). The number of nitrogens with zero attached hydrogens (tertiary/aromatic N) is 5. The summed E-state index contributed by atoms with van der Waals surface area (Å²) in [7, 11) is 0. The number of hydrogen-bond donors (Lipinski definition) is 2. The van der Waals surface area contributed by atoms with Crippen LogP contribution in [-0.4, -0.2) is 36.4 Å². The van der Waals surface area contributed by atoms with Gasteiger partial charge >= 0.3 is 0 Å². The first kappa shape index (κ1) is 18.6. The lowest BCUT2D eigenvalue weighted by Gasteiger charge is -2.60. The minimum absolute atomic E-state index is 0.0552. The first-order valence-electron chi connectivity index (χ1n) is 10.1. The molecule has 4 saturated carbocycles. The van der Waals surface area contributed by atoms with E-state index in [0.717, 1.165) is 32.1 Å². The van der Waals surface area contributed by atoms with Crippen molar-refractivity contribution in [2.45, 2.75) is 57.5 Å². The lowest BCUT2D eigenvalue weighted by Crippen LogP contribution is -2.60. The summed E-state index contributed by atoms with van der Waals surface area (Å²) in [6, 6.07) is 0. The molecule has 2 unspecified atom stereocenters. The number of aryl methyl sites for hydroxylation is 1. The fourth-order valence-electron chi connectivity index (χ4n) is 6.33. The van der Waals surface area contributed by atoms with Gasteiger partial charge in [0.25, 0.3) is 5.91 Å². The van der Waals surface area contributed by atoms with Crippen molar-refractivity contribution in [2.75, 3.05) is 5.32 Å². The minimum Gasteiger partial charge on any atom is -0.364 e. The highest BCUT2D eigenvalue weighted by Crippen LogP contribution is 2.64. The first-order valence-corrected chi connectivity index (χ1v) is 10.5. The van der Waals surface area contributed by atoms with Crippen LogP contribution < -0.4 is 11.1 Å². The van der Waals surface area contributed by atoms with E-state index >= 15 is 0 Å². The van der Waals surface area contributed by atoms with Crippen LogP contribution in [0, 0.1) is 17.3 Å². The number of aromatic nitrogens is 5. The molecule has 0 saturated heterocycles. The Balaban J connectivity index is 1.47. The molecule has 29 heavy (non-hydrogen) atoms. The van der Waals surface area contributed by atoms with Gasteiger partial charge in [0.15, 0.2) is 5.69 Å². The van der Waals surface area contributed by atoms with Crippen LogP contribution in [0.1, 0.15) is 55.9 Å². The molecule has 10 heteroatoms. The molecular formula is C19H24ClN7O2. The van der Waals surface area contributed by atoms with Gasteiger partial charge in [-0.3, -0.25) is 14.3 Å². The Morgan fingerprint density at radius 3 is 2.59 bits per heavy atom. The van der Waals surface area contributed by atoms with Crippen molar-refractivity contribution in [1.29, 1.82) is 0 Å². The second kappa shape index (κ2) is 6.29. The number of carbonyl (C=O) groups excluding carboxylic acids is 2. The summed E-state index contributed by atoms with van der Waals surface area (Å²) in [6.07, 6.45) is 8.92. The maximum atomic E-state index is 13.5. The van der Waals surface area contributed by atoms with E-state index in [1.54, 1.807) is 17.2 Å². The maximum Gasteiger partial charge on any atom is 0.271 e. The number of hydrogen-bond acceptors (Lipinski definition) is 5. The van der Waals surface area contributed by atoms with Gasteiger partial charge in [0.2, 0.25) is 11.2 Å². The number of nitrogens with one attached hydrogen (secondary N) is 1. The normalized spacial score (nSPS) is 32.5. The largest absolute Gasteiger partial charge is 0.364 e. The zero-order valence-electron chi connectivity index (χ0n) is 16.3. The number of primary amides is 1. The van der Waals surface area contributed by atoms with Crippen molar-refractivity contribution in [3.8, 4) is 0 Å². The lowest BCUT2D eigenvalue weighted by atomic mass is 9.46. The number of anilines is 1. The molecule has 4 bridgehead atoms. The van der Waals surface area contributed by atoms with Gasteiger partial charge in [0.1, 0.15) is 6.33 Å². The predicted molar refractivity (Wildman–Crippen MR) is 105 cm³/mol. The molecule has 2 aromatic rings. The molecule has 4 fully saturated rings. The average Bonchev–Trinajstić information content (AvgIpc) is 3.27. The highest BCUT2D eigenvalue weighted by atomic mass is 35.5. The molecule has 154 valence electrons.